The number of carbonyl (C=O) groups excluding carboxylic acids is 6. The van der Waals surface area contributed by atoms with Gasteiger partial charge in [-0.1, -0.05) is 97.8 Å². The second-order valence-corrected chi connectivity index (χ2v) is 32.0. The van der Waals surface area contributed by atoms with Crippen molar-refractivity contribution >= 4 is 35.8 Å². The third-order valence-corrected chi connectivity index (χ3v) is 25.8. The Balaban J connectivity index is 0.000000153. The minimum Gasteiger partial charge on any atom is -0.508 e. The van der Waals surface area contributed by atoms with Crippen LogP contribution in [0.4, 0.5) is 14.4 Å². The fraction of sp³-hybridized carbons (Fsp3) is 0.517. The third-order valence-electron chi connectivity index (χ3n) is 25.8. The Bertz CT molecular complexity index is 4150. The van der Waals surface area contributed by atoms with Gasteiger partial charge in [-0.05, 0) is 263 Å². The quantitative estimate of drug-likeness (QED) is 0.0402. The van der Waals surface area contributed by atoms with Crippen LogP contribution in [0, 0.1) is 11.8 Å². The topological polar surface area (TPSA) is 216 Å². The smallest absolute Gasteiger partial charge is 0.327 e. The summed E-state index contributed by atoms with van der Waals surface area (Å²) < 4.78 is 31.8. The first-order valence-electron chi connectivity index (χ1n) is 38.9. The maximum atomic E-state index is 14.2. The number of aromatic hydroxyl groups is 1. The molecule has 5 aliphatic carbocycles. The van der Waals surface area contributed by atoms with E-state index in [0.717, 1.165) is 121 Å². The van der Waals surface area contributed by atoms with E-state index in [1.165, 1.54) is 38.7 Å². The lowest BCUT2D eigenvalue weighted by molar-refractivity contribution is -0.138. The van der Waals surface area contributed by atoms with E-state index >= 15 is 0 Å². The fourth-order valence-electron chi connectivity index (χ4n) is 18.3. The van der Waals surface area contributed by atoms with Crippen LogP contribution in [0.2, 0.25) is 0 Å². The molecule has 0 radical (unpaired) electrons. The number of ether oxygens (including phenoxy) is 6. The molecule has 0 aromatic heterocycles. The number of methoxy groups -OCH3 is 5. The van der Waals surface area contributed by atoms with E-state index in [-0.39, 0.29) is 84.6 Å². The number of carbonyl (C=O) groups is 6. The van der Waals surface area contributed by atoms with Gasteiger partial charge < -0.3 is 48.6 Å². The Labute approximate surface area is 643 Å². The van der Waals surface area contributed by atoms with Crippen LogP contribution in [0.15, 0.2) is 146 Å². The standard InChI is InChI=1S/C31H41N3O5.C29H37N3O4.C27H35N3O4/c1-32(2)30(25-9-6-10-27(19-25)39-22-37-3)15-17-31(18-16-30)28(35)33(20-24-11-13-26(38-4)14-12-24)29(36)34(31)21-23-7-5-8-23;1-30(2)28(23-8-5-9-24(33)18-23)14-16-29(17-15-28)26(34)31(19-22-10-12-25(36-3)13-11-22)27(35)32(29)20-21-6-4-7-21;1-29(2)27(22-7-5-6-20(18-22)12-17-33-3)15-13-26(14-16-27)24(31)30(25(32)28-26)19-21-8-10-23(34-4)11-9-21/h6,9-14,19,23H,5,7-8,15-18,20-22H2,1-4H3;5,8-13,18,21,33H,4,6-7,14-17,19-20H2,1-3H3;5-11,18H,12-17,19H2,1-4H3,(H,28,32). The number of hydrogen-bond acceptors (Lipinski definition) is 16. The molecule has 3 spiro atoms. The van der Waals surface area contributed by atoms with E-state index in [4.69, 9.17) is 28.4 Å². The van der Waals surface area contributed by atoms with Crippen molar-refractivity contribution in [3.05, 3.63) is 185 Å². The average molecular weight is 1490 g/mol. The van der Waals surface area contributed by atoms with Crippen molar-refractivity contribution in [2.24, 2.45) is 11.8 Å². The first-order chi connectivity index (χ1) is 52.4. The molecule has 14 rings (SSSR count). The molecular formula is C87H113N9O13. The Morgan fingerprint density at radius 1 is 0.422 bits per heavy atom. The van der Waals surface area contributed by atoms with Crippen molar-refractivity contribution in [3.63, 3.8) is 0 Å². The molecule has 109 heavy (non-hydrogen) atoms. The summed E-state index contributed by atoms with van der Waals surface area (Å²) in [5.74, 6) is 3.99. The molecule has 6 aromatic carbocycles. The van der Waals surface area contributed by atoms with Gasteiger partial charge in [0.05, 0.1) is 47.6 Å². The van der Waals surface area contributed by atoms with Crippen LogP contribution in [0.5, 0.6) is 28.7 Å². The number of imide groups is 3. The fourth-order valence-corrected chi connectivity index (χ4v) is 18.3. The number of nitrogens with zero attached hydrogens (tertiary/aromatic N) is 8. The van der Waals surface area contributed by atoms with Gasteiger partial charge in [0.2, 0.25) is 0 Å². The van der Waals surface area contributed by atoms with Crippen LogP contribution in [0.3, 0.4) is 0 Å². The Kier molecular flexibility index (Phi) is 24.5. The molecular weight excluding hydrogens is 1380 g/mol. The van der Waals surface area contributed by atoms with Gasteiger partial charge in [0.25, 0.3) is 17.7 Å². The summed E-state index contributed by atoms with van der Waals surface area (Å²) in [4.78, 5) is 97.2. The summed E-state index contributed by atoms with van der Waals surface area (Å²) >= 11 is 0. The first-order valence-corrected chi connectivity index (χ1v) is 38.9. The van der Waals surface area contributed by atoms with Crippen LogP contribution in [0.25, 0.3) is 0 Å². The highest BCUT2D eigenvalue weighted by atomic mass is 16.7. The van der Waals surface area contributed by atoms with Crippen LogP contribution in [-0.4, -0.2) is 201 Å². The average Bonchev–Trinajstić information content (AvgIpc) is 1.38. The van der Waals surface area contributed by atoms with Crippen molar-refractivity contribution in [2.45, 2.75) is 175 Å². The Hall–Kier alpha value is -9.06. The summed E-state index contributed by atoms with van der Waals surface area (Å²) in [5, 5.41) is 13.2. The van der Waals surface area contributed by atoms with E-state index < -0.39 is 16.6 Å². The van der Waals surface area contributed by atoms with Gasteiger partial charge in [-0.2, -0.15) is 0 Å². The number of nitrogens with one attached hydrogen (secondary N) is 1. The van der Waals surface area contributed by atoms with Crippen LogP contribution < -0.4 is 24.3 Å². The lowest BCUT2D eigenvalue weighted by Gasteiger charge is -2.50. The van der Waals surface area contributed by atoms with Gasteiger partial charge in [-0.15, -0.1) is 0 Å². The molecule has 0 atom stereocenters. The summed E-state index contributed by atoms with van der Waals surface area (Å²) in [6, 6.07) is 46.3. The molecule has 3 saturated heterocycles. The summed E-state index contributed by atoms with van der Waals surface area (Å²) in [6.07, 6.45) is 16.0. The molecule has 584 valence electrons. The molecule has 8 aliphatic rings. The highest BCUT2D eigenvalue weighted by Gasteiger charge is 2.63. The molecule has 0 bridgehead atoms. The van der Waals surface area contributed by atoms with E-state index in [1.54, 1.807) is 41.6 Å². The zero-order valence-corrected chi connectivity index (χ0v) is 65.8. The number of benzene rings is 6. The number of rotatable bonds is 25. The van der Waals surface area contributed by atoms with Gasteiger partial charge in [0.1, 0.15) is 45.4 Å². The molecule has 2 N–H and O–H groups in total. The minimum absolute atomic E-state index is 0.0489. The first kappa shape index (κ1) is 79.5. The van der Waals surface area contributed by atoms with Crippen molar-refractivity contribution in [3.8, 4) is 28.7 Å². The van der Waals surface area contributed by atoms with Crippen molar-refractivity contribution < 1.29 is 62.3 Å². The largest absolute Gasteiger partial charge is 0.508 e. The maximum Gasteiger partial charge on any atom is 0.327 e. The predicted octanol–water partition coefficient (Wildman–Crippen LogP) is 13.5. The van der Waals surface area contributed by atoms with Gasteiger partial charge in [-0.25, -0.2) is 14.4 Å². The lowest BCUT2D eigenvalue weighted by Crippen LogP contribution is -2.58. The molecule has 22 heteroatoms. The Morgan fingerprint density at radius 3 is 1.20 bits per heavy atom. The van der Waals surface area contributed by atoms with Gasteiger partial charge in [0, 0.05) is 43.9 Å². The third kappa shape index (κ3) is 15.9. The normalized spacial score (nSPS) is 25.6. The Morgan fingerprint density at radius 2 is 0.817 bits per heavy atom. The molecule has 5 saturated carbocycles. The SMILES string of the molecule is COCCc1cccc(C2(N(C)C)CCC3(CC2)NC(=O)N(Cc2ccc(OC)cc2)C3=O)c1.COCOc1cccc(C2(N(C)C)CCC3(CC2)C(=O)N(Cc2ccc(OC)cc2)C(=O)N3CC2CCC2)c1.COc1ccc(CN2C(=O)N(CC3CCC3)C3(CCC(c4cccc(O)c4)(N(C)C)CC3)C2=O)cc1. The van der Waals surface area contributed by atoms with Gasteiger partial charge in [0.15, 0.2) is 6.79 Å². The predicted molar refractivity (Wildman–Crippen MR) is 417 cm³/mol. The molecule has 6 aromatic rings. The molecule has 3 heterocycles. The number of urea groups is 3. The van der Waals surface area contributed by atoms with E-state index in [2.05, 4.69) is 105 Å². The minimum atomic E-state index is -0.823. The van der Waals surface area contributed by atoms with E-state index in [9.17, 15) is 33.9 Å². The number of phenols is 1. The molecule has 0 unspecified atom stereocenters. The molecule has 9 amide bonds. The number of phenolic OH excluding ortho intramolecular Hbond substituents is 1. The zero-order valence-electron chi connectivity index (χ0n) is 65.8. The van der Waals surface area contributed by atoms with Crippen LogP contribution in [-0.2, 0) is 66.5 Å². The zero-order chi connectivity index (χ0) is 77.5. The molecule has 8 fully saturated rings. The molecule has 22 nitrogen and oxygen atoms in total. The maximum absolute atomic E-state index is 14.2. The summed E-state index contributed by atoms with van der Waals surface area (Å²) in [7, 11) is 20.7. The summed E-state index contributed by atoms with van der Waals surface area (Å²) in [6.45, 7) is 3.02. The number of hydrogen-bond donors (Lipinski definition) is 2. The van der Waals surface area contributed by atoms with Crippen LogP contribution in [0.1, 0.15) is 155 Å². The second-order valence-electron chi connectivity index (χ2n) is 32.0. The van der Waals surface area contributed by atoms with Crippen molar-refractivity contribution in [1.82, 2.24) is 44.5 Å². The van der Waals surface area contributed by atoms with Gasteiger partial charge >= 0.3 is 18.1 Å². The van der Waals surface area contributed by atoms with Crippen LogP contribution >= 0.6 is 0 Å². The monoisotopic (exact) mass is 1490 g/mol. The second kappa shape index (κ2) is 33.6. The lowest BCUT2D eigenvalue weighted by atomic mass is 9.67. The highest BCUT2D eigenvalue weighted by Crippen LogP contribution is 2.54. The van der Waals surface area contributed by atoms with E-state index in [1.807, 2.05) is 107 Å². The molecule has 3 aliphatic heterocycles. The van der Waals surface area contributed by atoms with Crippen molar-refractivity contribution in [2.75, 3.05) is 104 Å². The van der Waals surface area contributed by atoms with Gasteiger partial charge in [-0.3, -0.25) is 43.8 Å². The summed E-state index contributed by atoms with van der Waals surface area (Å²) in [5.41, 5.74) is 4.31. The van der Waals surface area contributed by atoms with E-state index in [0.29, 0.717) is 70.1 Å². The van der Waals surface area contributed by atoms with Crippen molar-refractivity contribution in [1.29, 1.82) is 0 Å². The number of amides is 9. The highest BCUT2D eigenvalue weighted by molar-refractivity contribution is 6.08.